The Morgan fingerprint density at radius 3 is 2.53 bits per heavy atom. The van der Waals surface area contributed by atoms with Crippen molar-refractivity contribution in [1.82, 2.24) is 14.9 Å². The van der Waals surface area contributed by atoms with Crippen LogP contribution in [0.1, 0.15) is 55.0 Å². The second-order valence-electron chi connectivity index (χ2n) is 8.63. The maximum absolute atomic E-state index is 14.9. The molecule has 1 fully saturated rings. The maximum Gasteiger partial charge on any atom is 0.322 e. The Hall–Kier alpha value is -3.11. The SMILES string of the molecule is Cc1ccc(S(=O)(=O)NC(Cc2ccc(-c3noc(C4CCCCC4)n3)c(F)c2)C(=O)O)cc1. The molecule has 1 unspecified atom stereocenters. The highest BCUT2D eigenvalue weighted by atomic mass is 32.2. The van der Waals surface area contributed by atoms with Crippen LogP contribution in [0.4, 0.5) is 4.39 Å². The lowest BCUT2D eigenvalue weighted by Crippen LogP contribution is -2.42. The van der Waals surface area contributed by atoms with E-state index in [1.54, 1.807) is 12.1 Å². The second-order valence-corrected chi connectivity index (χ2v) is 10.3. The molecule has 10 heteroatoms. The summed E-state index contributed by atoms with van der Waals surface area (Å²) in [5.74, 6) is -1.17. The third kappa shape index (κ3) is 5.51. The summed E-state index contributed by atoms with van der Waals surface area (Å²) in [5.41, 5.74) is 1.33. The van der Waals surface area contributed by atoms with Crippen molar-refractivity contribution in [3.05, 3.63) is 65.3 Å². The third-order valence-corrected chi connectivity index (χ3v) is 7.52. The lowest BCUT2D eigenvalue weighted by molar-refractivity contribution is -0.138. The molecule has 1 heterocycles. The Labute approximate surface area is 197 Å². The van der Waals surface area contributed by atoms with Crippen molar-refractivity contribution in [1.29, 1.82) is 0 Å². The lowest BCUT2D eigenvalue weighted by Gasteiger charge is -2.17. The van der Waals surface area contributed by atoms with E-state index in [1.807, 2.05) is 6.92 Å². The van der Waals surface area contributed by atoms with Gasteiger partial charge in [0.05, 0.1) is 10.5 Å². The van der Waals surface area contributed by atoms with Gasteiger partial charge in [0.25, 0.3) is 0 Å². The minimum absolute atomic E-state index is 0.0447. The first-order chi connectivity index (χ1) is 16.2. The summed E-state index contributed by atoms with van der Waals surface area (Å²) in [6.07, 6.45) is 5.09. The van der Waals surface area contributed by atoms with E-state index in [2.05, 4.69) is 14.9 Å². The number of sulfonamides is 1. The standard InChI is InChI=1S/C24H26FN3O5S/c1-15-7-10-18(11-8-15)34(31,32)28-21(24(29)30)14-16-9-12-19(20(25)13-16)22-26-23(33-27-22)17-5-3-2-4-6-17/h7-13,17,21,28H,2-6,14H2,1H3,(H,29,30). The van der Waals surface area contributed by atoms with E-state index in [-0.39, 0.29) is 28.6 Å². The molecule has 0 radical (unpaired) electrons. The predicted octanol–water partition coefficient (Wildman–Crippen LogP) is 4.21. The van der Waals surface area contributed by atoms with Crippen LogP contribution >= 0.6 is 0 Å². The zero-order valence-electron chi connectivity index (χ0n) is 18.7. The highest BCUT2D eigenvalue weighted by Gasteiger charge is 2.27. The van der Waals surface area contributed by atoms with Gasteiger partial charge in [-0.15, -0.1) is 0 Å². The van der Waals surface area contributed by atoms with E-state index >= 15 is 0 Å². The number of nitrogens with one attached hydrogen (secondary N) is 1. The second kappa shape index (κ2) is 10.0. The highest BCUT2D eigenvalue weighted by Crippen LogP contribution is 2.33. The molecule has 0 spiro atoms. The first kappa shape index (κ1) is 24.0. The molecule has 1 aromatic heterocycles. The summed E-state index contributed by atoms with van der Waals surface area (Å²) in [6, 6.07) is 8.72. The fourth-order valence-electron chi connectivity index (χ4n) is 4.11. The Bertz CT molecular complexity index is 1270. The van der Waals surface area contributed by atoms with Crippen LogP contribution in [0.15, 0.2) is 51.9 Å². The number of nitrogens with zero attached hydrogens (tertiary/aromatic N) is 2. The molecular weight excluding hydrogens is 461 g/mol. The molecular formula is C24H26FN3O5S. The Kier molecular flexibility index (Phi) is 7.08. The number of hydrogen-bond acceptors (Lipinski definition) is 6. The van der Waals surface area contributed by atoms with Crippen LogP contribution < -0.4 is 4.72 Å². The van der Waals surface area contributed by atoms with Gasteiger partial charge in [0.15, 0.2) is 0 Å². The molecule has 1 saturated carbocycles. The van der Waals surface area contributed by atoms with Gasteiger partial charge in [-0.3, -0.25) is 4.79 Å². The number of rotatable bonds is 8. The van der Waals surface area contributed by atoms with Gasteiger partial charge in [-0.1, -0.05) is 48.2 Å². The Morgan fingerprint density at radius 1 is 1.18 bits per heavy atom. The minimum atomic E-state index is -4.07. The van der Waals surface area contributed by atoms with E-state index in [4.69, 9.17) is 4.52 Å². The average Bonchev–Trinajstić information content (AvgIpc) is 3.29. The van der Waals surface area contributed by atoms with Gasteiger partial charge in [0, 0.05) is 5.92 Å². The number of carboxylic acid groups (broad SMARTS) is 1. The van der Waals surface area contributed by atoms with E-state index in [0.717, 1.165) is 31.2 Å². The number of carboxylic acids is 1. The minimum Gasteiger partial charge on any atom is -0.480 e. The normalized spacial score (nSPS) is 15.8. The van der Waals surface area contributed by atoms with Crippen LogP contribution in [0.5, 0.6) is 0 Å². The van der Waals surface area contributed by atoms with Crippen molar-refractivity contribution in [2.75, 3.05) is 0 Å². The van der Waals surface area contributed by atoms with Crippen LogP contribution in [0.2, 0.25) is 0 Å². The molecule has 0 bridgehead atoms. The van der Waals surface area contributed by atoms with E-state index in [0.29, 0.717) is 11.5 Å². The Balaban J connectivity index is 1.49. The molecule has 3 aromatic rings. The van der Waals surface area contributed by atoms with Gasteiger partial charge >= 0.3 is 5.97 Å². The molecule has 0 amide bonds. The maximum atomic E-state index is 14.9. The molecule has 1 aliphatic rings. The topological polar surface area (TPSA) is 122 Å². The van der Waals surface area contributed by atoms with Crippen LogP contribution in [0, 0.1) is 12.7 Å². The van der Waals surface area contributed by atoms with Gasteiger partial charge in [0.2, 0.25) is 21.7 Å². The molecule has 1 atom stereocenters. The van der Waals surface area contributed by atoms with Gasteiger partial charge in [-0.2, -0.15) is 9.71 Å². The van der Waals surface area contributed by atoms with Gasteiger partial charge in [-0.05, 0) is 56.0 Å². The molecule has 1 aliphatic carbocycles. The average molecular weight is 488 g/mol. The fraction of sp³-hybridized carbons (Fsp3) is 0.375. The van der Waals surface area contributed by atoms with E-state index < -0.39 is 27.9 Å². The van der Waals surface area contributed by atoms with Gasteiger partial charge < -0.3 is 9.63 Å². The van der Waals surface area contributed by atoms with E-state index in [1.165, 1.54) is 36.8 Å². The van der Waals surface area contributed by atoms with E-state index in [9.17, 15) is 22.7 Å². The Morgan fingerprint density at radius 2 is 1.88 bits per heavy atom. The molecule has 180 valence electrons. The quantitative estimate of drug-likeness (QED) is 0.488. The molecule has 4 rings (SSSR count). The summed E-state index contributed by atoms with van der Waals surface area (Å²) < 4.78 is 47.7. The number of benzene rings is 2. The molecule has 34 heavy (non-hydrogen) atoms. The van der Waals surface area contributed by atoms with Gasteiger partial charge in [-0.25, -0.2) is 12.8 Å². The number of aromatic nitrogens is 2. The molecule has 0 aliphatic heterocycles. The monoisotopic (exact) mass is 487 g/mol. The van der Waals surface area contributed by atoms with Gasteiger partial charge in [0.1, 0.15) is 11.9 Å². The number of carbonyl (C=O) groups is 1. The molecule has 8 nitrogen and oxygen atoms in total. The van der Waals surface area contributed by atoms with Crippen LogP contribution in [-0.4, -0.2) is 35.7 Å². The zero-order chi connectivity index (χ0) is 24.3. The summed E-state index contributed by atoms with van der Waals surface area (Å²) in [6.45, 7) is 1.81. The summed E-state index contributed by atoms with van der Waals surface area (Å²) >= 11 is 0. The van der Waals surface area contributed by atoms with Crippen molar-refractivity contribution in [3.8, 4) is 11.4 Å². The predicted molar refractivity (Wildman–Crippen MR) is 122 cm³/mol. The zero-order valence-corrected chi connectivity index (χ0v) is 19.5. The number of aliphatic carboxylic acids is 1. The summed E-state index contributed by atoms with van der Waals surface area (Å²) in [7, 11) is -4.07. The number of halogens is 1. The first-order valence-electron chi connectivity index (χ1n) is 11.2. The fourth-order valence-corrected chi connectivity index (χ4v) is 5.30. The summed E-state index contributed by atoms with van der Waals surface area (Å²) in [5, 5.41) is 13.5. The largest absolute Gasteiger partial charge is 0.480 e. The van der Waals surface area contributed by atoms with Crippen molar-refractivity contribution in [2.45, 2.75) is 62.3 Å². The first-order valence-corrected chi connectivity index (χ1v) is 12.7. The van der Waals surface area contributed by atoms with Crippen LogP contribution in [0.25, 0.3) is 11.4 Å². The van der Waals surface area contributed by atoms with Crippen molar-refractivity contribution in [2.24, 2.45) is 0 Å². The van der Waals surface area contributed by atoms with Crippen LogP contribution in [0.3, 0.4) is 0 Å². The summed E-state index contributed by atoms with van der Waals surface area (Å²) in [4.78, 5) is 16.1. The smallest absolute Gasteiger partial charge is 0.322 e. The molecule has 2 aromatic carbocycles. The van der Waals surface area contributed by atoms with Crippen molar-refractivity contribution < 1.29 is 27.2 Å². The van der Waals surface area contributed by atoms with Crippen LogP contribution in [-0.2, 0) is 21.2 Å². The van der Waals surface area contributed by atoms with Crippen molar-refractivity contribution >= 4 is 16.0 Å². The number of aryl methyl sites for hydroxylation is 1. The lowest BCUT2D eigenvalue weighted by atomic mass is 9.89. The molecule has 2 N–H and O–H groups in total. The molecule has 0 saturated heterocycles. The number of hydrogen-bond donors (Lipinski definition) is 2. The third-order valence-electron chi connectivity index (χ3n) is 6.04. The highest BCUT2D eigenvalue weighted by molar-refractivity contribution is 7.89. The van der Waals surface area contributed by atoms with Crippen molar-refractivity contribution in [3.63, 3.8) is 0 Å².